The molecule has 2 aromatic carbocycles. The Bertz CT molecular complexity index is 1580. The van der Waals surface area contributed by atoms with Crippen molar-refractivity contribution in [2.45, 2.75) is 207 Å². The molecule has 336 valence electrons. The molecule has 3 unspecified atom stereocenters. The number of unbranched alkanes of at least 4 members (excludes halogenated alkanes) is 15. The molecule has 10 atom stereocenters. The van der Waals surface area contributed by atoms with Crippen LogP contribution < -0.4 is 26.3 Å². The summed E-state index contributed by atoms with van der Waals surface area (Å²) < 4.78 is 13.7. The predicted octanol–water partition coefficient (Wildman–Crippen LogP) is 14.1. The van der Waals surface area contributed by atoms with E-state index in [2.05, 4.69) is 39.1 Å². The fourth-order valence-corrected chi connectivity index (χ4v) is 13.5. The number of nitrogens with one attached hydrogen (secondary N) is 1. The fourth-order valence-electron chi connectivity index (χ4n) is 13.5. The molecular formula is C54H87N3O3. The first-order valence-corrected chi connectivity index (χ1v) is 25.4. The van der Waals surface area contributed by atoms with E-state index in [1.54, 1.807) is 0 Å². The number of nitrogens with two attached hydrogens (primary N) is 2. The highest BCUT2D eigenvalue weighted by molar-refractivity contribution is 5.75. The zero-order chi connectivity index (χ0) is 42.4. The Morgan fingerprint density at radius 2 is 1.23 bits per heavy atom. The third-order valence-electron chi connectivity index (χ3n) is 16.9. The van der Waals surface area contributed by atoms with Crippen LogP contribution in [0.4, 0.5) is 11.4 Å². The quantitative estimate of drug-likeness (QED) is 0.0684. The van der Waals surface area contributed by atoms with E-state index >= 15 is 0 Å². The average Bonchev–Trinajstić information content (AvgIpc) is 3.59. The Morgan fingerprint density at radius 3 is 1.83 bits per heavy atom. The van der Waals surface area contributed by atoms with Crippen molar-refractivity contribution in [2.75, 3.05) is 18.0 Å². The van der Waals surface area contributed by atoms with Crippen LogP contribution >= 0.6 is 0 Å². The van der Waals surface area contributed by atoms with Crippen LogP contribution in [-0.4, -0.2) is 24.7 Å². The zero-order valence-corrected chi connectivity index (χ0v) is 38.7. The van der Waals surface area contributed by atoms with E-state index in [0.29, 0.717) is 47.3 Å². The van der Waals surface area contributed by atoms with Crippen LogP contribution in [0.25, 0.3) is 0 Å². The Morgan fingerprint density at radius 1 is 0.683 bits per heavy atom. The summed E-state index contributed by atoms with van der Waals surface area (Å²) in [5.41, 5.74) is 14.4. The van der Waals surface area contributed by atoms with Crippen molar-refractivity contribution in [3.05, 3.63) is 48.5 Å². The lowest BCUT2D eigenvalue weighted by molar-refractivity contribution is -0.164. The molecule has 4 aliphatic rings. The first kappa shape index (κ1) is 46.6. The second-order valence-corrected chi connectivity index (χ2v) is 20.9. The number of anilines is 2. The SMILES string of the molecule is CCCCCCCCCCCCCCCCCCNC(=O)CC[C@@H](C)[C@H]1CC[C@H]2[C@@H]3CC(Oc4cccc(N)c4)C4CC(Oc5cccc(N)c5)CC[C@]4(C)[C@H]3CC[C@]12C. The number of hydrogen-bond acceptors (Lipinski definition) is 5. The number of carbonyl (C=O) groups is 1. The summed E-state index contributed by atoms with van der Waals surface area (Å²) in [6.45, 7) is 10.8. The number of benzene rings is 2. The predicted molar refractivity (Wildman–Crippen MR) is 252 cm³/mol. The largest absolute Gasteiger partial charge is 0.490 e. The zero-order valence-electron chi connectivity index (χ0n) is 38.7. The van der Waals surface area contributed by atoms with E-state index in [4.69, 9.17) is 20.9 Å². The molecule has 0 bridgehead atoms. The summed E-state index contributed by atoms with van der Waals surface area (Å²) in [7, 11) is 0. The summed E-state index contributed by atoms with van der Waals surface area (Å²) in [5, 5.41) is 3.28. The van der Waals surface area contributed by atoms with E-state index < -0.39 is 0 Å². The van der Waals surface area contributed by atoms with Gasteiger partial charge in [-0.2, -0.15) is 0 Å². The van der Waals surface area contributed by atoms with Gasteiger partial charge in [0.25, 0.3) is 0 Å². The summed E-state index contributed by atoms with van der Waals surface area (Å²) in [6, 6.07) is 16.0. The lowest BCUT2D eigenvalue weighted by Crippen LogP contribution is -2.59. The summed E-state index contributed by atoms with van der Waals surface area (Å²) >= 11 is 0. The highest BCUT2D eigenvalue weighted by Gasteiger charge is 2.63. The van der Waals surface area contributed by atoms with Crippen LogP contribution in [0.3, 0.4) is 0 Å². The maximum atomic E-state index is 13.0. The average molecular weight is 826 g/mol. The van der Waals surface area contributed by atoms with Gasteiger partial charge in [-0.3, -0.25) is 4.79 Å². The smallest absolute Gasteiger partial charge is 0.220 e. The number of nitrogen functional groups attached to an aromatic ring is 2. The lowest BCUT2D eigenvalue weighted by atomic mass is 9.43. The molecule has 0 aromatic heterocycles. The van der Waals surface area contributed by atoms with Crippen molar-refractivity contribution < 1.29 is 14.3 Å². The lowest BCUT2D eigenvalue weighted by Gasteiger charge is -2.63. The molecule has 4 saturated carbocycles. The second kappa shape index (κ2) is 23.0. The summed E-state index contributed by atoms with van der Waals surface area (Å²) in [5.74, 6) is 5.75. The molecule has 6 rings (SSSR count). The molecule has 6 heteroatoms. The van der Waals surface area contributed by atoms with Crippen LogP contribution in [0.15, 0.2) is 48.5 Å². The molecule has 2 aromatic rings. The molecule has 6 nitrogen and oxygen atoms in total. The Hall–Kier alpha value is -2.89. The number of hydrogen-bond donors (Lipinski definition) is 3. The van der Waals surface area contributed by atoms with Gasteiger partial charge in [0, 0.05) is 42.4 Å². The molecule has 5 N–H and O–H groups in total. The van der Waals surface area contributed by atoms with Gasteiger partial charge in [0.1, 0.15) is 17.6 Å². The van der Waals surface area contributed by atoms with E-state index in [1.807, 2.05) is 42.5 Å². The molecule has 4 aliphatic carbocycles. The van der Waals surface area contributed by atoms with Crippen molar-refractivity contribution in [1.82, 2.24) is 5.32 Å². The molecule has 0 heterocycles. The molecule has 4 fully saturated rings. The van der Waals surface area contributed by atoms with Gasteiger partial charge in [0.15, 0.2) is 0 Å². The number of amides is 1. The maximum Gasteiger partial charge on any atom is 0.220 e. The Balaban J connectivity index is 0.930. The van der Waals surface area contributed by atoms with Crippen LogP contribution in [0.1, 0.15) is 195 Å². The van der Waals surface area contributed by atoms with E-state index in [0.717, 1.165) is 61.5 Å². The minimum atomic E-state index is 0.127. The normalized spacial score (nSPS) is 30.2. The van der Waals surface area contributed by atoms with Crippen molar-refractivity contribution in [2.24, 2.45) is 46.3 Å². The standard InChI is InChI=1S/C54H87N3O3/c1-5-6-7-8-9-10-11-12-13-14-15-16-17-18-19-20-35-57-52(58)30-27-40(2)47-28-29-48-46-39-51(60-44-26-22-24-42(56)37-44)50-38-45(59-43-25-21-23-41(55)36-43)31-33-54(50,4)49(46)32-34-53(47,48)3/h21-26,36-37,40,45-51H,5-20,27-35,38-39,55-56H2,1-4H3,(H,57,58)/t40-,45?,46+,47-,48+,49+,50?,51?,53-,54-/m1/s1. The van der Waals surface area contributed by atoms with Crippen molar-refractivity contribution in [3.8, 4) is 11.5 Å². The van der Waals surface area contributed by atoms with Gasteiger partial charge in [-0.25, -0.2) is 0 Å². The number of fused-ring (bicyclic) bond motifs is 5. The van der Waals surface area contributed by atoms with E-state index in [9.17, 15) is 4.79 Å². The van der Waals surface area contributed by atoms with Crippen LogP contribution in [-0.2, 0) is 4.79 Å². The molecule has 0 saturated heterocycles. The van der Waals surface area contributed by atoms with Crippen molar-refractivity contribution in [3.63, 3.8) is 0 Å². The van der Waals surface area contributed by atoms with Gasteiger partial charge in [-0.15, -0.1) is 0 Å². The minimum absolute atomic E-state index is 0.127. The van der Waals surface area contributed by atoms with Crippen LogP contribution in [0.2, 0.25) is 0 Å². The summed E-state index contributed by atoms with van der Waals surface area (Å²) in [6.07, 6.45) is 33.5. The number of ether oxygens (including phenoxy) is 2. The van der Waals surface area contributed by atoms with Crippen molar-refractivity contribution >= 4 is 17.3 Å². The second-order valence-electron chi connectivity index (χ2n) is 20.9. The van der Waals surface area contributed by atoms with E-state index in [-0.39, 0.29) is 23.5 Å². The van der Waals surface area contributed by atoms with Crippen LogP contribution in [0.5, 0.6) is 11.5 Å². The van der Waals surface area contributed by atoms with Gasteiger partial charge in [0.2, 0.25) is 5.91 Å². The first-order chi connectivity index (χ1) is 29.1. The van der Waals surface area contributed by atoms with Gasteiger partial charge < -0.3 is 26.3 Å². The summed E-state index contributed by atoms with van der Waals surface area (Å²) in [4.78, 5) is 13.0. The monoisotopic (exact) mass is 826 g/mol. The maximum absolute atomic E-state index is 13.0. The third-order valence-corrected chi connectivity index (χ3v) is 16.9. The Labute approximate surface area is 366 Å². The van der Waals surface area contributed by atoms with Gasteiger partial charge >= 0.3 is 0 Å². The molecule has 0 aliphatic heterocycles. The topological polar surface area (TPSA) is 99.6 Å². The number of carbonyl (C=O) groups excluding carboxylic acids is 1. The van der Waals surface area contributed by atoms with Crippen LogP contribution in [0, 0.1) is 46.3 Å². The first-order valence-electron chi connectivity index (χ1n) is 25.4. The van der Waals surface area contributed by atoms with Crippen molar-refractivity contribution in [1.29, 1.82) is 0 Å². The fraction of sp³-hybridized carbons (Fsp3) is 0.759. The number of rotatable bonds is 25. The molecule has 1 amide bonds. The molecular weight excluding hydrogens is 739 g/mol. The highest BCUT2D eigenvalue weighted by atomic mass is 16.5. The highest BCUT2D eigenvalue weighted by Crippen LogP contribution is 2.68. The molecule has 60 heavy (non-hydrogen) atoms. The molecule has 0 radical (unpaired) electrons. The third kappa shape index (κ3) is 12.4. The van der Waals surface area contributed by atoms with Gasteiger partial charge in [0.05, 0.1) is 6.10 Å². The Kier molecular flexibility index (Phi) is 17.9. The molecule has 0 spiro atoms. The van der Waals surface area contributed by atoms with E-state index in [1.165, 1.54) is 128 Å². The minimum Gasteiger partial charge on any atom is -0.490 e. The van der Waals surface area contributed by atoms with Gasteiger partial charge in [-0.05, 0) is 129 Å². The van der Waals surface area contributed by atoms with Gasteiger partial charge in [-0.1, -0.05) is 136 Å².